The molecule has 0 heterocycles. The van der Waals surface area contributed by atoms with E-state index in [-0.39, 0.29) is 18.2 Å². The Labute approximate surface area is 126 Å². The van der Waals surface area contributed by atoms with Gasteiger partial charge < -0.3 is 16.0 Å². The van der Waals surface area contributed by atoms with E-state index in [0.717, 1.165) is 12.1 Å². The van der Waals surface area contributed by atoms with Crippen LogP contribution in [0.2, 0.25) is 0 Å². The van der Waals surface area contributed by atoms with E-state index in [0.29, 0.717) is 6.54 Å². The maximum atomic E-state index is 12.8. The van der Waals surface area contributed by atoms with E-state index in [2.05, 4.69) is 16.0 Å². The summed E-state index contributed by atoms with van der Waals surface area (Å²) < 4.78 is 38.3. The van der Waals surface area contributed by atoms with Crippen molar-refractivity contribution >= 4 is 17.6 Å². The van der Waals surface area contributed by atoms with Crippen LogP contribution in [0, 0.1) is 5.92 Å². The Morgan fingerprint density at radius 2 is 1.77 bits per heavy atom. The van der Waals surface area contributed by atoms with Gasteiger partial charge in [0, 0.05) is 6.54 Å². The van der Waals surface area contributed by atoms with E-state index in [1.807, 2.05) is 13.8 Å². The standard InChI is InChI=1S/C14H18F3N3O2/c1-9(2)7-18-12(21)8-19-13(22)20-11-6-4-3-5-10(11)14(15,16)17/h3-6,9H,7-8H2,1-2H3,(H,18,21)(H2,19,20,22). The van der Waals surface area contributed by atoms with Crippen molar-refractivity contribution in [2.75, 3.05) is 18.4 Å². The molecule has 122 valence electrons. The Bertz CT molecular complexity index is 530. The molecule has 22 heavy (non-hydrogen) atoms. The summed E-state index contributed by atoms with van der Waals surface area (Å²) in [7, 11) is 0. The first-order valence-electron chi connectivity index (χ1n) is 6.68. The fourth-order valence-electron chi connectivity index (χ4n) is 1.55. The van der Waals surface area contributed by atoms with Gasteiger partial charge in [-0.1, -0.05) is 26.0 Å². The van der Waals surface area contributed by atoms with Crippen LogP contribution in [-0.4, -0.2) is 25.0 Å². The smallest absolute Gasteiger partial charge is 0.354 e. The number of carbonyl (C=O) groups excluding carboxylic acids is 2. The summed E-state index contributed by atoms with van der Waals surface area (Å²) in [6, 6.07) is 3.73. The number of nitrogens with one attached hydrogen (secondary N) is 3. The predicted octanol–water partition coefficient (Wildman–Crippen LogP) is 2.60. The van der Waals surface area contributed by atoms with Gasteiger partial charge in [-0.3, -0.25) is 4.79 Å². The molecule has 0 radical (unpaired) electrons. The first-order valence-corrected chi connectivity index (χ1v) is 6.68. The normalized spacial score (nSPS) is 11.2. The molecule has 0 spiro atoms. The summed E-state index contributed by atoms with van der Waals surface area (Å²) >= 11 is 0. The molecule has 1 rings (SSSR count). The number of benzene rings is 1. The first kappa shape index (κ1) is 17.8. The van der Waals surface area contributed by atoms with E-state index < -0.39 is 23.7 Å². The zero-order valence-corrected chi connectivity index (χ0v) is 12.3. The predicted molar refractivity (Wildman–Crippen MR) is 76.3 cm³/mol. The molecule has 1 aromatic carbocycles. The van der Waals surface area contributed by atoms with Crippen molar-refractivity contribution in [1.82, 2.24) is 10.6 Å². The van der Waals surface area contributed by atoms with Crippen molar-refractivity contribution in [2.45, 2.75) is 20.0 Å². The zero-order chi connectivity index (χ0) is 16.8. The number of halogens is 3. The minimum atomic E-state index is -4.57. The van der Waals surface area contributed by atoms with Gasteiger partial charge in [-0.15, -0.1) is 0 Å². The summed E-state index contributed by atoms with van der Waals surface area (Å²) in [4.78, 5) is 23.0. The summed E-state index contributed by atoms with van der Waals surface area (Å²) in [6.07, 6.45) is -4.57. The lowest BCUT2D eigenvalue weighted by Gasteiger charge is -2.14. The topological polar surface area (TPSA) is 70.2 Å². The third-order valence-corrected chi connectivity index (χ3v) is 2.60. The maximum Gasteiger partial charge on any atom is 0.418 e. The fraction of sp³-hybridized carbons (Fsp3) is 0.429. The lowest BCUT2D eigenvalue weighted by Crippen LogP contribution is -2.40. The van der Waals surface area contributed by atoms with Crippen molar-refractivity contribution in [3.05, 3.63) is 29.8 Å². The molecule has 8 heteroatoms. The average Bonchev–Trinajstić information content (AvgIpc) is 2.42. The Hall–Kier alpha value is -2.25. The fourth-order valence-corrected chi connectivity index (χ4v) is 1.55. The number of para-hydroxylation sites is 1. The molecule has 0 aromatic heterocycles. The zero-order valence-electron chi connectivity index (χ0n) is 12.3. The van der Waals surface area contributed by atoms with Gasteiger partial charge in [0.25, 0.3) is 0 Å². The Morgan fingerprint density at radius 1 is 1.14 bits per heavy atom. The Kier molecular flexibility index (Phi) is 6.21. The van der Waals surface area contributed by atoms with Gasteiger partial charge in [-0.25, -0.2) is 4.79 Å². The van der Waals surface area contributed by atoms with E-state index in [1.165, 1.54) is 12.1 Å². The van der Waals surface area contributed by atoms with Crippen LogP contribution in [0.15, 0.2) is 24.3 Å². The Morgan fingerprint density at radius 3 is 2.36 bits per heavy atom. The highest BCUT2D eigenvalue weighted by atomic mass is 19.4. The highest BCUT2D eigenvalue weighted by Crippen LogP contribution is 2.34. The molecule has 0 saturated heterocycles. The lowest BCUT2D eigenvalue weighted by molar-refractivity contribution is -0.137. The van der Waals surface area contributed by atoms with Crippen molar-refractivity contribution in [2.24, 2.45) is 5.92 Å². The minimum absolute atomic E-state index is 0.261. The molecule has 0 aliphatic carbocycles. The lowest BCUT2D eigenvalue weighted by atomic mass is 10.1. The van der Waals surface area contributed by atoms with Crippen LogP contribution < -0.4 is 16.0 Å². The second-order valence-electron chi connectivity index (χ2n) is 5.05. The molecule has 0 saturated carbocycles. The van der Waals surface area contributed by atoms with Crippen LogP contribution in [0.5, 0.6) is 0 Å². The molecule has 0 fully saturated rings. The molecule has 3 amide bonds. The molecule has 0 atom stereocenters. The highest BCUT2D eigenvalue weighted by Gasteiger charge is 2.33. The quantitative estimate of drug-likeness (QED) is 0.781. The summed E-state index contributed by atoms with van der Waals surface area (Å²) in [5.74, 6) is -0.149. The number of anilines is 1. The highest BCUT2D eigenvalue weighted by molar-refractivity contribution is 5.92. The number of rotatable bonds is 5. The largest absolute Gasteiger partial charge is 0.418 e. The number of amides is 3. The van der Waals surface area contributed by atoms with E-state index in [1.54, 1.807) is 0 Å². The molecule has 3 N–H and O–H groups in total. The number of alkyl halides is 3. The van der Waals surface area contributed by atoms with Gasteiger partial charge in [-0.05, 0) is 18.1 Å². The van der Waals surface area contributed by atoms with Gasteiger partial charge in [0.05, 0.1) is 17.8 Å². The van der Waals surface area contributed by atoms with Crippen molar-refractivity contribution in [3.63, 3.8) is 0 Å². The van der Waals surface area contributed by atoms with Crippen molar-refractivity contribution < 1.29 is 22.8 Å². The molecule has 0 bridgehead atoms. The first-order chi connectivity index (χ1) is 10.2. The molecule has 1 aromatic rings. The molecule has 0 unspecified atom stereocenters. The third-order valence-electron chi connectivity index (χ3n) is 2.60. The van der Waals surface area contributed by atoms with Gasteiger partial charge in [-0.2, -0.15) is 13.2 Å². The molecular formula is C14H18F3N3O2. The summed E-state index contributed by atoms with van der Waals surface area (Å²) in [6.45, 7) is 3.97. The summed E-state index contributed by atoms with van der Waals surface area (Å²) in [5, 5.41) is 6.87. The van der Waals surface area contributed by atoms with Crippen LogP contribution >= 0.6 is 0 Å². The third kappa shape index (κ3) is 6.02. The van der Waals surface area contributed by atoms with E-state index in [4.69, 9.17) is 0 Å². The molecule has 5 nitrogen and oxygen atoms in total. The maximum absolute atomic E-state index is 12.8. The van der Waals surface area contributed by atoms with Gasteiger partial charge >= 0.3 is 12.2 Å². The average molecular weight is 317 g/mol. The monoisotopic (exact) mass is 317 g/mol. The minimum Gasteiger partial charge on any atom is -0.354 e. The Balaban J connectivity index is 2.54. The number of carbonyl (C=O) groups is 2. The van der Waals surface area contributed by atoms with Crippen LogP contribution in [0.4, 0.5) is 23.7 Å². The number of urea groups is 1. The van der Waals surface area contributed by atoms with E-state index >= 15 is 0 Å². The van der Waals surface area contributed by atoms with Gasteiger partial charge in [0.2, 0.25) is 5.91 Å². The number of hydrogen-bond acceptors (Lipinski definition) is 2. The van der Waals surface area contributed by atoms with E-state index in [9.17, 15) is 22.8 Å². The van der Waals surface area contributed by atoms with Crippen LogP contribution in [0.25, 0.3) is 0 Å². The molecular weight excluding hydrogens is 299 g/mol. The number of hydrogen-bond donors (Lipinski definition) is 3. The van der Waals surface area contributed by atoms with Crippen LogP contribution in [-0.2, 0) is 11.0 Å². The van der Waals surface area contributed by atoms with Crippen molar-refractivity contribution in [3.8, 4) is 0 Å². The second kappa shape index (κ2) is 7.67. The summed E-state index contributed by atoms with van der Waals surface area (Å²) in [5.41, 5.74) is -1.32. The molecule has 0 aliphatic rings. The second-order valence-corrected chi connectivity index (χ2v) is 5.05. The molecule has 0 aliphatic heterocycles. The van der Waals surface area contributed by atoms with Gasteiger partial charge in [0.1, 0.15) is 0 Å². The SMILES string of the molecule is CC(C)CNC(=O)CNC(=O)Nc1ccccc1C(F)(F)F. The van der Waals surface area contributed by atoms with Crippen LogP contribution in [0.1, 0.15) is 19.4 Å². The van der Waals surface area contributed by atoms with Crippen molar-refractivity contribution in [1.29, 1.82) is 0 Å². The van der Waals surface area contributed by atoms with Crippen LogP contribution in [0.3, 0.4) is 0 Å². The van der Waals surface area contributed by atoms with Gasteiger partial charge in [0.15, 0.2) is 0 Å².